The molecule has 0 saturated heterocycles. The van der Waals surface area contributed by atoms with Crippen LogP contribution in [0, 0.1) is 0 Å². The molecular formula is C10H15ClN2O. The van der Waals surface area contributed by atoms with E-state index in [0.29, 0.717) is 12.4 Å². The van der Waals surface area contributed by atoms with Crippen LogP contribution in [0.4, 0.5) is 0 Å². The van der Waals surface area contributed by atoms with Crippen molar-refractivity contribution in [1.82, 2.24) is 9.97 Å². The normalized spacial score (nSPS) is 11.5. The largest absolute Gasteiger partial charge is 0.490 e. The van der Waals surface area contributed by atoms with Gasteiger partial charge in [-0.3, -0.25) is 0 Å². The fourth-order valence-electron chi connectivity index (χ4n) is 1.15. The van der Waals surface area contributed by atoms with E-state index in [9.17, 15) is 0 Å². The van der Waals surface area contributed by atoms with Gasteiger partial charge in [-0.05, 0) is 18.5 Å². The van der Waals surface area contributed by atoms with E-state index >= 15 is 0 Å². The van der Waals surface area contributed by atoms with E-state index < -0.39 is 0 Å². The molecule has 0 bridgehead atoms. The number of hydrogen-bond acceptors (Lipinski definition) is 3. The van der Waals surface area contributed by atoms with Crippen molar-refractivity contribution in [3.05, 3.63) is 17.2 Å². The van der Waals surface area contributed by atoms with Crippen molar-refractivity contribution in [3.63, 3.8) is 0 Å². The second-order valence-electron chi connectivity index (χ2n) is 4.03. The van der Waals surface area contributed by atoms with Crippen molar-refractivity contribution in [2.24, 2.45) is 0 Å². The third kappa shape index (κ3) is 2.58. The molecule has 1 aromatic heterocycles. The number of ether oxygens (including phenoxy) is 1. The Labute approximate surface area is 89.5 Å². The number of hydrogen-bond donors (Lipinski definition) is 0. The fourth-order valence-corrected chi connectivity index (χ4v) is 1.28. The zero-order valence-electron chi connectivity index (χ0n) is 8.97. The van der Waals surface area contributed by atoms with Crippen LogP contribution in [0.2, 0.25) is 5.28 Å². The van der Waals surface area contributed by atoms with Crippen LogP contribution in [0.5, 0.6) is 5.75 Å². The molecule has 0 fully saturated rings. The van der Waals surface area contributed by atoms with Gasteiger partial charge in [0.1, 0.15) is 0 Å². The van der Waals surface area contributed by atoms with Crippen LogP contribution in [-0.4, -0.2) is 16.6 Å². The van der Waals surface area contributed by atoms with Gasteiger partial charge in [0, 0.05) is 5.41 Å². The first-order chi connectivity index (χ1) is 6.45. The van der Waals surface area contributed by atoms with Gasteiger partial charge < -0.3 is 4.74 Å². The lowest BCUT2D eigenvalue weighted by atomic mass is 9.91. The van der Waals surface area contributed by atoms with Crippen LogP contribution in [0.3, 0.4) is 0 Å². The highest BCUT2D eigenvalue weighted by Crippen LogP contribution is 2.29. The Balaban J connectivity index is 3.16. The van der Waals surface area contributed by atoms with Gasteiger partial charge in [0.15, 0.2) is 5.75 Å². The van der Waals surface area contributed by atoms with E-state index in [4.69, 9.17) is 16.3 Å². The van der Waals surface area contributed by atoms with Crippen molar-refractivity contribution in [2.75, 3.05) is 6.61 Å². The van der Waals surface area contributed by atoms with Crippen LogP contribution in [0.15, 0.2) is 6.20 Å². The SMILES string of the molecule is CCOc1cnc(Cl)nc1C(C)(C)C. The monoisotopic (exact) mass is 214 g/mol. The molecule has 14 heavy (non-hydrogen) atoms. The highest BCUT2D eigenvalue weighted by Gasteiger charge is 2.21. The molecule has 0 N–H and O–H groups in total. The van der Waals surface area contributed by atoms with Crippen LogP contribution >= 0.6 is 11.6 Å². The molecule has 0 saturated carbocycles. The summed E-state index contributed by atoms with van der Waals surface area (Å²) in [7, 11) is 0. The van der Waals surface area contributed by atoms with Gasteiger partial charge >= 0.3 is 0 Å². The molecule has 0 spiro atoms. The topological polar surface area (TPSA) is 35.0 Å². The van der Waals surface area contributed by atoms with Gasteiger partial charge in [0.25, 0.3) is 0 Å². The average Bonchev–Trinajstić information content (AvgIpc) is 2.07. The van der Waals surface area contributed by atoms with Crippen LogP contribution < -0.4 is 4.74 Å². The zero-order valence-corrected chi connectivity index (χ0v) is 9.72. The Morgan fingerprint density at radius 2 is 2.07 bits per heavy atom. The molecule has 0 amide bonds. The first kappa shape index (κ1) is 11.2. The maximum atomic E-state index is 5.75. The second-order valence-corrected chi connectivity index (χ2v) is 4.37. The van der Waals surface area contributed by atoms with Gasteiger partial charge in [-0.25, -0.2) is 9.97 Å². The first-order valence-electron chi connectivity index (χ1n) is 4.61. The van der Waals surface area contributed by atoms with E-state index in [1.807, 2.05) is 6.92 Å². The Hall–Kier alpha value is -0.830. The molecule has 1 aromatic rings. The molecule has 0 atom stereocenters. The molecule has 3 nitrogen and oxygen atoms in total. The zero-order chi connectivity index (χ0) is 10.8. The van der Waals surface area contributed by atoms with Gasteiger partial charge in [-0.1, -0.05) is 20.8 Å². The molecule has 0 aliphatic heterocycles. The third-order valence-electron chi connectivity index (χ3n) is 1.74. The Bertz CT molecular complexity index is 320. The first-order valence-corrected chi connectivity index (χ1v) is 4.98. The summed E-state index contributed by atoms with van der Waals surface area (Å²) in [5.74, 6) is 0.712. The van der Waals surface area contributed by atoms with Crippen molar-refractivity contribution in [1.29, 1.82) is 0 Å². The van der Waals surface area contributed by atoms with Gasteiger partial charge in [-0.15, -0.1) is 0 Å². The third-order valence-corrected chi connectivity index (χ3v) is 1.92. The van der Waals surface area contributed by atoms with Crippen molar-refractivity contribution < 1.29 is 4.74 Å². The highest BCUT2D eigenvalue weighted by molar-refractivity contribution is 6.28. The summed E-state index contributed by atoms with van der Waals surface area (Å²) in [5, 5.41) is 0.262. The predicted molar refractivity (Wildman–Crippen MR) is 56.9 cm³/mol. The standard InChI is InChI=1S/C10H15ClN2O/c1-5-14-7-6-12-9(11)13-8(7)10(2,3)4/h6H,5H2,1-4H3. The summed E-state index contributed by atoms with van der Waals surface area (Å²) in [4.78, 5) is 8.09. The molecule has 1 rings (SSSR count). The maximum Gasteiger partial charge on any atom is 0.222 e. The number of nitrogens with zero attached hydrogens (tertiary/aromatic N) is 2. The Morgan fingerprint density at radius 1 is 1.43 bits per heavy atom. The summed E-state index contributed by atoms with van der Waals surface area (Å²) in [5.41, 5.74) is 0.760. The van der Waals surface area contributed by atoms with E-state index in [-0.39, 0.29) is 10.7 Å². The molecule has 0 aliphatic carbocycles. The minimum absolute atomic E-state index is 0.0862. The van der Waals surface area contributed by atoms with Gasteiger partial charge in [-0.2, -0.15) is 0 Å². The quantitative estimate of drug-likeness (QED) is 0.711. The number of halogens is 1. The predicted octanol–water partition coefficient (Wildman–Crippen LogP) is 2.83. The summed E-state index contributed by atoms with van der Waals surface area (Å²) >= 11 is 5.75. The Morgan fingerprint density at radius 3 is 2.57 bits per heavy atom. The average molecular weight is 215 g/mol. The maximum absolute atomic E-state index is 5.75. The van der Waals surface area contributed by atoms with Crippen molar-refractivity contribution >= 4 is 11.6 Å². The number of aromatic nitrogens is 2. The summed E-state index contributed by atoms with van der Waals surface area (Å²) < 4.78 is 5.43. The number of rotatable bonds is 2. The smallest absolute Gasteiger partial charge is 0.222 e. The van der Waals surface area contributed by atoms with Gasteiger partial charge in [0.05, 0.1) is 18.5 Å². The Kier molecular flexibility index (Phi) is 3.32. The van der Waals surface area contributed by atoms with E-state index in [2.05, 4.69) is 30.7 Å². The second kappa shape index (κ2) is 4.13. The van der Waals surface area contributed by atoms with Crippen LogP contribution in [0.1, 0.15) is 33.4 Å². The summed E-state index contributed by atoms with van der Waals surface area (Å²) in [6, 6.07) is 0. The summed E-state index contributed by atoms with van der Waals surface area (Å²) in [6.07, 6.45) is 1.62. The van der Waals surface area contributed by atoms with Gasteiger partial charge in [0.2, 0.25) is 5.28 Å². The van der Waals surface area contributed by atoms with E-state index in [1.54, 1.807) is 6.20 Å². The minimum atomic E-state index is -0.0862. The molecule has 0 aromatic carbocycles. The highest BCUT2D eigenvalue weighted by atomic mass is 35.5. The fraction of sp³-hybridized carbons (Fsp3) is 0.600. The lowest BCUT2D eigenvalue weighted by molar-refractivity contribution is 0.324. The molecule has 78 valence electrons. The molecular weight excluding hydrogens is 200 g/mol. The molecule has 0 radical (unpaired) electrons. The van der Waals surface area contributed by atoms with Crippen LogP contribution in [-0.2, 0) is 5.41 Å². The molecule has 1 heterocycles. The minimum Gasteiger partial charge on any atom is -0.490 e. The summed E-state index contributed by atoms with van der Waals surface area (Å²) in [6.45, 7) is 8.73. The van der Waals surface area contributed by atoms with E-state index in [0.717, 1.165) is 5.69 Å². The van der Waals surface area contributed by atoms with Crippen molar-refractivity contribution in [3.8, 4) is 5.75 Å². The van der Waals surface area contributed by atoms with Crippen LogP contribution in [0.25, 0.3) is 0 Å². The molecule has 4 heteroatoms. The lowest BCUT2D eigenvalue weighted by Gasteiger charge is -2.20. The molecule has 0 aliphatic rings. The molecule has 0 unspecified atom stereocenters. The lowest BCUT2D eigenvalue weighted by Crippen LogP contribution is -2.16. The van der Waals surface area contributed by atoms with Crippen molar-refractivity contribution in [2.45, 2.75) is 33.1 Å². The van der Waals surface area contributed by atoms with E-state index in [1.165, 1.54) is 0 Å².